The van der Waals surface area contributed by atoms with Crippen LogP contribution in [0.4, 0.5) is 0 Å². The van der Waals surface area contributed by atoms with Gasteiger partial charge in [0.2, 0.25) is 0 Å². The maximum Gasteiger partial charge on any atom is 0.295 e. The molecule has 0 aliphatic carbocycles. The second-order valence-electron chi connectivity index (χ2n) is 7.12. The van der Waals surface area contributed by atoms with Gasteiger partial charge in [-0.2, -0.15) is 33.7 Å². The summed E-state index contributed by atoms with van der Waals surface area (Å²) < 4.78 is 125. The quantitative estimate of drug-likeness (QED) is 0.234. The second kappa shape index (κ2) is 11.8. The van der Waals surface area contributed by atoms with Crippen LogP contribution in [0.25, 0.3) is 21.5 Å². The van der Waals surface area contributed by atoms with Crippen LogP contribution in [0.3, 0.4) is 0 Å². The zero-order valence-electron chi connectivity index (χ0n) is 18.4. The van der Waals surface area contributed by atoms with E-state index in [1.165, 1.54) is 48.5 Å². The minimum absolute atomic E-state index is 0. The molecule has 0 fully saturated rings. The van der Waals surface area contributed by atoms with Crippen molar-refractivity contribution in [3.8, 4) is 0 Å². The summed E-state index contributed by atoms with van der Waals surface area (Å²) in [5.41, 5.74) is 0. The number of fused-ring (bicyclic) bond motifs is 2. The molecule has 0 amide bonds. The third-order valence-corrected chi connectivity index (χ3v) is 8.44. The Labute approximate surface area is 230 Å². The fraction of sp³-hybridized carbons (Fsp3) is 0. The van der Waals surface area contributed by atoms with Crippen LogP contribution < -0.4 is 0 Å². The molecular weight excluding hydrogens is 631 g/mol. The van der Waals surface area contributed by atoms with Crippen LogP contribution in [0.1, 0.15) is 0 Å². The molecular formula is C20H18Cl2O12S4. The van der Waals surface area contributed by atoms with Gasteiger partial charge in [0.25, 0.3) is 40.5 Å². The number of benzene rings is 4. The van der Waals surface area contributed by atoms with Crippen LogP contribution in [0.2, 0.25) is 0 Å². The van der Waals surface area contributed by atoms with E-state index in [4.69, 9.17) is 18.2 Å². The normalized spacial score (nSPS) is 12.1. The van der Waals surface area contributed by atoms with E-state index in [2.05, 4.69) is 0 Å². The van der Waals surface area contributed by atoms with Gasteiger partial charge in [0.05, 0.1) is 0 Å². The summed E-state index contributed by atoms with van der Waals surface area (Å²) >= 11 is 0. The smallest absolute Gasteiger partial charge is 0.282 e. The molecule has 0 aliphatic rings. The maximum absolute atomic E-state index is 11.2. The highest BCUT2D eigenvalue weighted by molar-refractivity contribution is 7.87. The molecule has 0 saturated carbocycles. The van der Waals surface area contributed by atoms with Crippen molar-refractivity contribution in [1.82, 2.24) is 0 Å². The third-order valence-electron chi connectivity index (χ3n) is 4.80. The lowest BCUT2D eigenvalue weighted by Gasteiger charge is -2.06. The van der Waals surface area contributed by atoms with E-state index < -0.39 is 60.1 Å². The van der Waals surface area contributed by atoms with Crippen molar-refractivity contribution in [2.75, 3.05) is 0 Å². The molecule has 38 heavy (non-hydrogen) atoms. The van der Waals surface area contributed by atoms with E-state index >= 15 is 0 Å². The molecule has 4 N–H and O–H groups in total. The van der Waals surface area contributed by atoms with Gasteiger partial charge in [0.15, 0.2) is 0 Å². The second-order valence-corrected chi connectivity index (χ2v) is 12.7. The van der Waals surface area contributed by atoms with Gasteiger partial charge in [-0.3, -0.25) is 18.2 Å². The Morgan fingerprint density at radius 3 is 0.632 bits per heavy atom. The molecule has 0 unspecified atom stereocenters. The monoisotopic (exact) mass is 648 g/mol. The van der Waals surface area contributed by atoms with Gasteiger partial charge in [-0.1, -0.05) is 48.5 Å². The number of hydrogen-bond acceptors (Lipinski definition) is 8. The van der Waals surface area contributed by atoms with Crippen LogP contribution in [-0.2, 0) is 40.5 Å². The van der Waals surface area contributed by atoms with Crippen molar-refractivity contribution >= 4 is 86.8 Å². The predicted octanol–water partition coefficient (Wildman–Crippen LogP) is 3.51. The molecule has 0 aromatic heterocycles. The van der Waals surface area contributed by atoms with Gasteiger partial charge >= 0.3 is 0 Å². The Balaban J connectivity index is 0.000000361. The highest BCUT2D eigenvalue weighted by atomic mass is 35.5. The molecule has 208 valence electrons. The van der Waals surface area contributed by atoms with Crippen LogP contribution in [0.15, 0.2) is 92.4 Å². The molecule has 0 aliphatic heterocycles. The van der Waals surface area contributed by atoms with E-state index in [9.17, 15) is 33.7 Å². The fourth-order valence-electron chi connectivity index (χ4n) is 3.40. The lowest BCUT2D eigenvalue weighted by molar-refractivity contribution is 0.481. The van der Waals surface area contributed by atoms with E-state index in [1.807, 2.05) is 0 Å². The van der Waals surface area contributed by atoms with Crippen molar-refractivity contribution in [2.24, 2.45) is 0 Å². The Bertz CT molecular complexity index is 1650. The number of hydrogen-bond donors (Lipinski definition) is 4. The highest BCUT2D eigenvalue weighted by Crippen LogP contribution is 2.29. The van der Waals surface area contributed by atoms with E-state index in [0.717, 1.165) is 24.3 Å². The first-order valence-corrected chi connectivity index (χ1v) is 15.1. The summed E-state index contributed by atoms with van der Waals surface area (Å²) in [5.74, 6) is 0. The van der Waals surface area contributed by atoms with E-state index in [1.54, 1.807) is 0 Å². The van der Waals surface area contributed by atoms with Crippen LogP contribution in [-0.4, -0.2) is 51.9 Å². The SMILES string of the molecule is Cl.Cl.O=S(=O)(O)c1cccc2c(S(=O)(=O)O)cccc12.O=S(=O)(O)c1cccc2c(S(=O)(=O)O)cccc12. The highest BCUT2D eigenvalue weighted by Gasteiger charge is 2.20. The standard InChI is InChI=1S/2C10H8O6S2.2ClH/c2*11-17(12,13)9-5-1-3-7-8(9)4-2-6-10(7)18(14,15)16;;/h2*1-6H,(H,11,12,13)(H,14,15,16);2*1H. The van der Waals surface area contributed by atoms with Crippen molar-refractivity contribution in [3.05, 3.63) is 72.8 Å². The lowest BCUT2D eigenvalue weighted by Crippen LogP contribution is -2.02. The zero-order chi connectivity index (χ0) is 27.1. The molecule has 0 heterocycles. The largest absolute Gasteiger partial charge is 0.295 e. The van der Waals surface area contributed by atoms with Gasteiger partial charge in [-0.05, 0) is 24.3 Å². The first kappa shape index (κ1) is 33.6. The summed E-state index contributed by atoms with van der Waals surface area (Å²) in [6.45, 7) is 0. The average Bonchev–Trinajstić information content (AvgIpc) is 2.75. The van der Waals surface area contributed by atoms with Gasteiger partial charge in [0, 0.05) is 21.5 Å². The molecule has 12 nitrogen and oxygen atoms in total. The summed E-state index contributed by atoms with van der Waals surface area (Å²) in [4.78, 5) is -1.65. The van der Waals surface area contributed by atoms with Crippen LogP contribution in [0.5, 0.6) is 0 Å². The zero-order valence-corrected chi connectivity index (χ0v) is 23.3. The van der Waals surface area contributed by atoms with Gasteiger partial charge in [0.1, 0.15) is 19.6 Å². The van der Waals surface area contributed by atoms with Crippen molar-refractivity contribution in [1.29, 1.82) is 0 Å². The first-order valence-electron chi connectivity index (χ1n) is 9.36. The van der Waals surface area contributed by atoms with Crippen molar-refractivity contribution < 1.29 is 51.9 Å². The molecule has 4 aromatic rings. The summed E-state index contributed by atoms with van der Waals surface area (Å²) in [6.07, 6.45) is 0. The van der Waals surface area contributed by atoms with Gasteiger partial charge < -0.3 is 0 Å². The number of rotatable bonds is 4. The van der Waals surface area contributed by atoms with E-state index in [-0.39, 0.29) is 46.4 Å². The molecule has 0 saturated heterocycles. The molecule has 0 radical (unpaired) electrons. The van der Waals surface area contributed by atoms with Gasteiger partial charge in [-0.15, -0.1) is 24.8 Å². The number of halogens is 2. The van der Waals surface area contributed by atoms with Crippen molar-refractivity contribution in [2.45, 2.75) is 19.6 Å². The predicted molar refractivity (Wildman–Crippen MR) is 142 cm³/mol. The summed E-state index contributed by atoms with van der Waals surface area (Å²) in [6, 6.07) is 15.1. The topological polar surface area (TPSA) is 217 Å². The first-order chi connectivity index (χ1) is 16.4. The maximum atomic E-state index is 11.2. The minimum atomic E-state index is -4.47. The Kier molecular flexibility index (Phi) is 10.4. The van der Waals surface area contributed by atoms with Crippen LogP contribution in [0, 0.1) is 0 Å². The summed E-state index contributed by atoms with van der Waals surface area (Å²) in [7, 11) is -17.9. The fourth-order valence-corrected chi connectivity index (χ4v) is 6.23. The molecule has 4 aromatic carbocycles. The molecule has 4 rings (SSSR count). The molecule has 0 spiro atoms. The summed E-state index contributed by atoms with van der Waals surface area (Å²) in [5, 5.41) is 0.0931. The third kappa shape index (κ3) is 7.38. The Morgan fingerprint density at radius 1 is 0.342 bits per heavy atom. The van der Waals surface area contributed by atoms with Gasteiger partial charge in [-0.25, -0.2) is 0 Å². The molecule has 18 heteroatoms. The Morgan fingerprint density at radius 2 is 0.500 bits per heavy atom. The molecule has 0 atom stereocenters. The molecule has 0 bridgehead atoms. The van der Waals surface area contributed by atoms with Crippen molar-refractivity contribution in [3.63, 3.8) is 0 Å². The lowest BCUT2D eigenvalue weighted by atomic mass is 10.1. The van der Waals surface area contributed by atoms with Crippen LogP contribution >= 0.6 is 24.8 Å². The minimum Gasteiger partial charge on any atom is -0.282 e. The average molecular weight is 650 g/mol. The Hall–Kier alpha value is -2.38. The van der Waals surface area contributed by atoms with E-state index in [0.29, 0.717) is 0 Å².